The second-order valence-corrected chi connectivity index (χ2v) is 13.2. The predicted octanol–water partition coefficient (Wildman–Crippen LogP) is 13.2. The van der Waals surface area contributed by atoms with Gasteiger partial charge in [-0.3, -0.25) is 0 Å². The van der Waals surface area contributed by atoms with Crippen LogP contribution in [0.15, 0.2) is 212 Å². The molecule has 0 N–H and O–H groups in total. The highest BCUT2D eigenvalue weighted by Crippen LogP contribution is 2.44. The third-order valence-electron chi connectivity index (χ3n) is 9.77. The summed E-state index contributed by atoms with van der Waals surface area (Å²) >= 11 is 0. The van der Waals surface area contributed by atoms with Crippen molar-refractivity contribution in [1.29, 1.82) is 0 Å². The van der Waals surface area contributed by atoms with Gasteiger partial charge in [0, 0.05) is 16.7 Å². The smallest absolute Gasteiger partial charge is 0.164 e. The largest absolute Gasteiger partial charge is 0.208 e. The molecule has 0 saturated carbocycles. The third kappa shape index (κ3) is 6.63. The molecule has 3 heteroatoms. The first-order valence-corrected chi connectivity index (χ1v) is 18.2. The molecule has 3 nitrogen and oxygen atoms in total. The molecular weight excluding hydrogens is 655 g/mol. The second kappa shape index (κ2) is 14.8. The Balaban J connectivity index is 1.21. The molecule has 0 atom stereocenters. The van der Waals surface area contributed by atoms with Gasteiger partial charge in [0.25, 0.3) is 0 Å². The van der Waals surface area contributed by atoms with Gasteiger partial charge >= 0.3 is 0 Å². The highest BCUT2D eigenvalue weighted by molar-refractivity contribution is 5.98. The number of hydrogen-bond donors (Lipinski definition) is 0. The first-order valence-electron chi connectivity index (χ1n) is 18.2. The van der Waals surface area contributed by atoms with Crippen LogP contribution in [0.5, 0.6) is 0 Å². The number of rotatable bonds is 8. The Hall–Kier alpha value is -7.23. The van der Waals surface area contributed by atoms with Gasteiger partial charge in [-0.25, -0.2) is 15.0 Å². The summed E-state index contributed by atoms with van der Waals surface area (Å²) in [6.07, 6.45) is 0. The molecule has 54 heavy (non-hydrogen) atoms. The van der Waals surface area contributed by atoms with Crippen molar-refractivity contribution in [2.24, 2.45) is 0 Å². The molecule has 0 aliphatic rings. The van der Waals surface area contributed by atoms with Crippen LogP contribution in [0.2, 0.25) is 0 Å². The number of hydrogen-bond acceptors (Lipinski definition) is 3. The molecule has 9 aromatic rings. The summed E-state index contributed by atoms with van der Waals surface area (Å²) in [4.78, 5) is 15.3. The predicted molar refractivity (Wildman–Crippen MR) is 223 cm³/mol. The highest BCUT2D eigenvalue weighted by Gasteiger charge is 2.19. The molecule has 0 spiro atoms. The lowest BCUT2D eigenvalue weighted by Crippen LogP contribution is -2.01. The van der Waals surface area contributed by atoms with Gasteiger partial charge in [-0.15, -0.1) is 0 Å². The summed E-state index contributed by atoms with van der Waals surface area (Å²) in [5.74, 6) is 1.90. The van der Waals surface area contributed by atoms with Crippen molar-refractivity contribution >= 4 is 0 Å². The number of benzene rings is 8. The van der Waals surface area contributed by atoms with Crippen molar-refractivity contribution in [1.82, 2.24) is 15.0 Å². The van der Waals surface area contributed by atoms with Gasteiger partial charge in [0.1, 0.15) is 0 Å². The molecule has 0 aliphatic carbocycles. The molecule has 0 bridgehead atoms. The van der Waals surface area contributed by atoms with Crippen molar-refractivity contribution < 1.29 is 0 Å². The minimum absolute atomic E-state index is 0.624. The first-order chi connectivity index (χ1) is 26.8. The Morgan fingerprint density at radius 1 is 0.204 bits per heavy atom. The Morgan fingerprint density at radius 3 is 1.02 bits per heavy atom. The zero-order chi connectivity index (χ0) is 36.1. The van der Waals surface area contributed by atoms with E-state index in [1.165, 1.54) is 38.9 Å². The molecule has 254 valence electrons. The second-order valence-electron chi connectivity index (χ2n) is 13.2. The average molecular weight is 690 g/mol. The fourth-order valence-corrected chi connectivity index (χ4v) is 7.12. The van der Waals surface area contributed by atoms with E-state index in [0.717, 1.165) is 33.4 Å². The molecule has 9 rings (SSSR count). The minimum atomic E-state index is 0.624. The van der Waals surface area contributed by atoms with Gasteiger partial charge in [-0.1, -0.05) is 200 Å². The summed E-state index contributed by atoms with van der Waals surface area (Å²) in [5, 5.41) is 0. The van der Waals surface area contributed by atoms with Crippen LogP contribution in [-0.4, -0.2) is 15.0 Å². The third-order valence-corrected chi connectivity index (χ3v) is 9.77. The summed E-state index contributed by atoms with van der Waals surface area (Å²) in [6, 6.07) is 74.2. The van der Waals surface area contributed by atoms with Gasteiger partial charge in [0.15, 0.2) is 17.5 Å². The number of aromatic nitrogens is 3. The molecule has 0 saturated heterocycles. The van der Waals surface area contributed by atoms with Crippen molar-refractivity contribution in [3.63, 3.8) is 0 Å². The van der Waals surface area contributed by atoms with Crippen LogP contribution in [0, 0.1) is 0 Å². The van der Waals surface area contributed by atoms with Crippen LogP contribution in [0.3, 0.4) is 0 Å². The topological polar surface area (TPSA) is 38.7 Å². The molecule has 8 aromatic carbocycles. The summed E-state index contributed by atoms with van der Waals surface area (Å²) in [5.41, 5.74) is 14.3. The van der Waals surface area contributed by atoms with Crippen molar-refractivity contribution in [3.05, 3.63) is 212 Å². The van der Waals surface area contributed by atoms with E-state index in [4.69, 9.17) is 15.0 Å². The Bertz CT molecular complexity index is 2600. The lowest BCUT2D eigenvalue weighted by molar-refractivity contribution is 1.07. The van der Waals surface area contributed by atoms with E-state index in [-0.39, 0.29) is 0 Å². The van der Waals surface area contributed by atoms with E-state index >= 15 is 0 Å². The Morgan fingerprint density at radius 2 is 0.537 bits per heavy atom. The summed E-state index contributed by atoms with van der Waals surface area (Å²) in [6.45, 7) is 0. The standard InChI is InChI=1S/C51H35N3/c1-6-18-36(19-7-1)43-34-46(38-22-10-3-11-23-38)48(47(35-43)39-24-12-4-13-25-39)40-30-32-42(33-31-40)50-52-49(41-26-14-5-15-27-41)53-51(54-50)45-29-17-16-28-44(45)37-20-8-2-9-21-37/h1-35H. The van der Waals surface area contributed by atoms with Crippen LogP contribution in [-0.2, 0) is 0 Å². The lowest BCUT2D eigenvalue weighted by atomic mass is 9.84. The van der Waals surface area contributed by atoms with Gasteiger partial charge < -0.3 is 0 Å². The van der Waals surface area contributed by atoms with Crippen LogP contribution in [0.4, 0.5) is 0 Å². The van der Waals surface area contributed by atoms with E-state index in [2.05, 4.69) is 170 Å². The van der Waals surface area contributed by atoms with Gasteiger partial charge in [-0.2, -0.15) is 0 Å². The van der Waals surface area contributed by atoms with Gasteiger partial charge in [-0.05, 0) is 67.8 Å². The van der Waals surface area contributed by atoms with Crippen LogP contribution < -0.4 is 0 Å². The maximum Gasteiger partial charge on any atom is 0.164 e. The van der Waals surface area contributed by atoms with Crippen molar-refractivity contribution in [2.45, 2.75) is 0 Å². The molecule has 0 fully saturated rings. The monoisotopic (exact) mass is 689 g/mol. The molecule has 0 aliphatic heterocycles. The zero-order valence-electron chi connectivity index (χ0n) is 29.5. The molecule has 1 aromatic heterocycles. The fourth-order valence-electron chi connectivity index (χ4n) is 7.12. The van der Waals surface area contributed by atoms with Crippen molar-refractivity contribution in [3.8, 4) is 89.8 Å². The molecule has 0 amide bonds. The Labute approximate surface area is 316 Å². The van der Waals surface area contributed by atoms with Crippen LogP contribution >= 0.6 is 0 Å². The van der Waals surface area contributed by atoms with E-state index < -0.39 is 0 Å². The van der Waals surface area contributed by atoms with E-state index in [1.807, 2.05) is 42.5 Å². The highest BCUT2D eigenvalue weighted by atomic mass is 15.0. The summed E-state index contributed by atoms with van der Waals surface area (Å²) in [7, 11) is 0. The van der Waals surface area contributed by atoms with Gasteiger partial charge in [0.2, 0.25) is 0 Å². The fraction of sp³-hybridized carbons (Fsp3) is 0. The van der Waals surface area contributed by atoms with E-state index in [0.29, 0.717) is 17.5 Å². The van der Waals surface area contributed by atoms with E-state index in [1.54, 1.807) is 0 Å². The molecule has 0 radical (unpaired) electrons. The summed E-state index contributed by atoms with van der Waals surface area (Å²) < 4.78 is 0. The SMILES string of the molecule is c1ccc(-c2cc(-c3ccccc3)c(-c3ccc(-c4nc(-c5ccccc5)nc(-c5ccccc5-c5ccccc5)n4)cc3)c(-c3ccccc3)c2)cc1. The van der Waals surface area contributed by atoms with Crippen LogP contribution in [0.1, 0.15) is 0 Å². The molecular formula is C51H35N3. The van der Waals surface area contributed by atoms with Crippen LogP contribution in [0.25, 0.3) is 89.8 Å². The molecule has 0 unspecified atom stereocenters. The zero-order valence-corrected chi connectivity index (χ0v) is 29.5. The maximum absolute atomic E-state index is 5.14. The Kier molecular flexibility index (Phi) is 8.94. The minimum Gasteiger partial charge on any atom is -0.208 e. The number of nitrogens with zero attached hydrogens (tertiary/aromatic N) is 3. The maximum atomic E-state index is 5.14. The molecule has 1 heterocycles. The van der Waals surface area contributed by atoms with E-state index in [9.17, 15) is 0 Å². The quantitative estimate of drug-likeness (QED) is 0.159. The van der Waals surface area contributed by atoms with Gasteiger partial charge in [0.05, 0.1) is 0 Å². The van der Waals surface area contributed by atoms with Crippen molar-refractivity contribution in [2.75, 3.05) is 0 Å². The lowest BCUT2D eigenvalue weighted by Gasteiger charge is -2.19. The normalized spacial score (nSPS) is 11.0. The first kappa shape index (κ1) is 32.7. The average Bonchev–Trinajstić information content (AvgIpc) is 3.27.